The molecule has 1 aromatic heterocycles. The molecule has 6 heteroatoms. The molecule has 0 atom stereocenters. The quantitative estimate of drug-likeness (QED) is 0.867. The molecule has 1 N–H and O–H groups in total. The van der Waals surface area contributed by atoms with Crippen molar-refractivity contribution >= 4 is 11.8 Å². The third-order valence-electron chi connectivity index (χ3n) is 2.74. The van der Waals surface area contributed by atoms with E-state index in [1.807, 2.05) is 0 Å². The zero-order chi connectivity index (χ0) is 14.0. The number of pyridine rings is 1. The van der Waals surface area contributed by atoms with Gasteiger partial charge in [0.25, 0.3) is 11.8 Å². The molecule has 0 spiro atoms. The van der Waals surface area contributed by atoms with Crippen LogP contribution in [-0.4, -0.2) is 48.9 Å². The summed E-state index contributed by atoms with van der Waals surface area (Å²) in [6, 6.07) is 3.19. The van der Waals surface area contributed by atoms with E-state index < -0.39 is 0 Å². The predicted molar refractivity (Wildman–Crippen MR) is 69.3 cm³/mol. The molecular weight excluding hydrogens is 246 g/mol. The summed E-state index contributed by atoms with van der Waals surface area (Å²) < 4.78 is 5.65. The summed E-state index contributed by atoms with van der Waals surface area (Å²) in [5, 5.41) is 2.48. The van der Waals surface area contributed by atoms with Crippen molar-refractivity contribution in [3.8, 4) is 5.75 Å². The van der Waals surface area contributed by atoms with E-state index in [0.29, 0.717) is 5.75 Å². The molecule has 1 aromatic rings. The van der Waals surface area contributed by atoms with Crippen LogP contribution in [0.2, 0.25) is 0 Å². The second kappa shape index (κ2) is 5.26. The number of hydrogen-bond donors (Lipinski definition) is 1. The standard InChI is InChI=1S/C13H17N3O3/c1-14-12(17)9-6-7-10(19-8-4-5-8)11(15-9)13(18)16(2)3/h6-8H,4-5H2,1-3H3,(H,14,17). The topological polar surface area (TPSA) is 71.5 Å². The van der Waals surface area contributed by atoms with Crippen molar-refractivity contribution in [3.05, 3.63) is 23.5 Å². The summed E-state index contributed by atoms with van der Waals surface area (Å²) in [5.41, 5.74) is 0.383. The molecule has 0 aliphatic heterocycles. The van der Waals surface area contributed by atoms with E-state index in [0.717, 1.165) is 12.8 Å². The Balaban J connectivity index is 2.36. The van der Waals surface area contributed by atoms with E-state index in [-0.39, 0.29) is 29.3 Å². The minimum Gasteiger partial charge on any atom is -0.488 e. The highest BCUT2D eigenvalue weighted by molar-refractivity contribution is 5.97. The van der Waals surface area contributed by atoms with E-state index in [9.17, 15) is 9.59 Å². The molecule has 2 rings (SSSR count). The fourth-order valence-electron chi connectivity index (χ4n) is 1.53. The van der Waals surface area contributed by atoms with Gasteiger partial charge >= 0.3 is 0 Å². The molecule has 0 unspecified atom stereocenters. The molecule has 1 saturated carbocycles. The Labute approximate surface area is 111 Å². The van der Waals surface area contributed by atoms with Crippen LogP contribution in [0.4, 0.5) is 0 Å². The molecule has 1 aliphatic carbocycles. The van der Waals surface area contributed by atoms with Crippen molar-refractivity contribution in [2.75, 3.05) is 21.1 Å². The number of carbonyl (C=O) groups is 2. The zero-order valence-corrected chi connectivity index (χ0v) is 11.3. The molecule has 1 fully saturated rings. The lowest BCUT2D eigenvalue weighted by Crippen LogP contribution is -2.26. The van der Waals surface area contributed by atoms with Crippen molar-refractivity contribution < 1.29 is 14.3 Å². The number of ether oxygens (including phenoxy) is 1. The fraction of sp³-hybridized carbons (Fsp3) is 0.462. The van der Waals surface area contributed by atoms with Gasteiger partial charge in [-0.25, -0.2) is 4.98 Å². The van der Waals surface area contributed by atoms with Gasteiger partial charge in [0.05, 0.1) is 6.10 Å². The summed E-state index contributed by atoms with van der Waals surface area (Å²) >= 11 is 0. The van der Waals surface area contributed by atoms with Crippen LogP contribution >= 0.6 is 0 Å². The highest BCUT2D eigenvalue weighted by Gasteiger charge is 2.27. The van der Waals surface area contributed by atoms with Gasteiger partial charge in [-0.1, -0.05) is 0 Å². The van der Waals surface area contributed by atoms with Gasteiger partial charge in [0.2, 0.25) is 0 Å². The number of aromatic nitrogens is 1. The number of nitrogens with zero attached hydrogens (tertiary/aromatic N) is 2. The summed E-state index contributed by atoms with van der Waals surface area (Å²) in [4.78, 5) is 29.2. The highest BCUT2D eigenvalue weighted by atomic mass is 16.5. The second-order valence-electron chi connectivity index (χ2n) is 4.64. The largest absolute Gasteiger partial charge is 0.488 e. The lowest BCUT2D eigenvalue weighted by Gasteiger charge is -2.14. The smallest absolute Gasteiger partial charge is 0.275 e. The molecule has 0 radical (unpaired) electrons. The van der Waals surface area contributed by atoms with Gasteiger partial charge in [-0.15, -0.1) is 0 Å². The molecule has 2 amide bonds. The Bertz CT molecular complexity index is 510. The Kier molecular flexibility index (Phi) is 3.69. The molecular formula is C13H17N3O3. The van der Waals surface area contributed by atoms with Crippen LogP contribution < -0.4 is 10.1 Å². The molecule has 0 saturated heterocycles. The van der Waals surface area contributed by atoms with E-state index in [4.69, 9.17) is 4.74 Å². The number of amides is 2. The van der Waals surface area contributed by atoms with Crippen LogP contribution in [-0.2, 0) is 0 Å². The first-order chi connectivity index (χ1) is 9.02. The maximum absolute atomic E-state index is 12.1. The van der Waals surface area contributed by atoms with Crippen molar-refractivity contribution in [1.82, 2.24) is 15.2 Å². The average Bonchev–Trinajstić information content (AvgIpc) is 3.21. The van der Waals surface area contributed by atoms with Crippen LogP contribution in [0.3, 0.4) is 0 Å². The van der Waals surface area contributed by atoms with Crippen LogP contribution in [0.25, 0.3) is 0 Å². The monoisotopic (exact) mass is 263 g/mol. The van der Waals surface area contributed by atoms with Crippen molar-refractivity contribution in [3.63, 3.8) is 0 Å². The van der Waals surface area contributed by atoms with E-state index in [1.54, 1.807) is 26.2 Å². The first-order valence-electron chi connectivity index (χ1n) is 6.14. The van der Waals surface area contributed by atoms with Crippen molar-refractivity contribution in [1.29, 1.82) is 0 Å². The van der Waals surface area contributed by atoms with Crippen LogP contribution in [0.1, 0.15) is 33.8 Å². The second-order valence-corrected chi connectivity index (χ2v) is 4.64. The lowest BCUT2D eigenvalue weighted by molar-refractivity contribution is 0.0816. The molecule has 0 bridgehead atoms. The van der Waals surface area contributed by atoms with Gasteiger partial charge in [0.15, 0.2) is 11.4 Å². The van der Waals surface area contributed by atoms with Gasteiger partial charge in [-0.05, 0) is 25.0 Å². The maximum Gasteiger partial charge on any atom is 0.275 e. The minimum absolute atomic E-state index is 0.168. The molecule has 102 valence electrons. The van der Waals surface area contributed by atoms with Gasteiger partial charge in [0, 0.05) is 21.1 Å². The minimum atomic E-state index is -0.328. The predicted octanol–water partition coefficient (Wildman–Crippen LogP) is 0.684. The normalized spacial score (nSPS) is 13.8. The summed E-state index contributed by atoms with van der Waals surface area (Å²) in [7, 11) is 4.79. The summed E-state index contributed by atoms with van der Waals surface area (Å²) in [6.45, 7) is 0. The maximum atomic E-state index is 12.1. The molecule has 1 aliphatic rings. The summed E-state index contributed by atoms with van der Waals surface area (Å²) in [5.74, 6) is -0.166. The number of carbonyl (C=O) groups excluding carboxylic acids is 2. The highest BCUT2D eigenvalue weighted by Crippen LogP contribution is 2.29. The Morgan fingerprint density at radius 3 is 2.58 bits per heavy atom. The molecule has 19 heavy (non-hydrogen) atoms. The Morgan fingerprint density at radius 1 is 1.37 bits per heavy atom. The number of hydrogen-bond acceptors (Lipinski definition) is 4. The third-order valence-corrected chi connectivity index (χ3v) is 2.74. The van der Waals surface area contributed by atoms with Gasteiger partial charge in [0.1, 0.15) is 5.69 Å². The van der Waals surface area contributed by atoms with Crippen LogP contribution in [0.5, 0.6) is 5.75 Å². The van der Waals surface area contributed by atoms with Gasteiger partial charge < -0.3 is 15.0 Å². The average molecular weight is 263 g/mol. The van der Waals surface area contributed by atoms with Crippen molar-refractivity contribution in [2.45, 2.75) is 18.9 Å². The van der Waals surface area contributed by atoms with E-state index >= 15 is 0 Å². The lowest BCUT2D eigenvalue weighted by atomic mass is 10.2. The zero-order valence-electron chi connectivity index (χ0n) is 11.3. The van der Waals surface area contributed by atoms with E-state index in [2.05, 4.69) is 10.3 Å². The van der Waals surface area contributed by atoms with Crippen LogP contribution in [0, 0.1) is 0 Å². The summed E-state index contributed by atoms with van der Waals surface area (Å²) in [6.07, 6.45) is 2.15. The molecule has 1 heterocycles. The Morgan fingerprint density at radius 2 is 2.05 bits per heavy atom. The van der Waals surface area contributed by atoms with Crippen molar-refractivity contribution in [2.24, 2.45) is 0 Å². The molecule has 6 nitrogen and oxygen atoms in total. The molecule has 0 aromatic carbocycles. The first kappa shape index (κ1) is 13.3. The fourth-order valence-corrected chi connectivity index (χ4v) is 1.53. The number of rotatable bonds is 4. The van der Waals surface area contributed by atoms with Gasteiger partial charge in [-0.3, -0.25) is 9.59 Å². The SMILES string of the molecule is CNC(=O)c1ccc(OC2CC2)c(C(=O)N(C)C)n1. The van der Waals surface area contributed by atoms with Gasteiger partial charge in [-0.2, -0.15) is 0 Å². The Hall–Kier alpha value is -2.11. The number of nitrogens with one attached hydrogen (secondary N) is 1. The first-order valence-corrected chi connectivity index (χ1v) is 6.14. The van der Waals surface area contributed by atoms with Crippen LogP contribution in [0.15, 0.2) is 12.1 Å². The third kappa shape index (κ3) is 3.01. The van der Waals surface area contributed by atoms with E-state index in [1.165, 1.54) is 11.9 Å².